The third-order valence-electron chi connectivity index (χ3n) is 5.58. The lowest BCUT2D eigenvalue weighted by Crippen LogP contribution is -2.36. The van der Waals surface area contributed by atoms with Gasteiger partial charge in [-0.15, -0.1) is 0 Å². The molecule has 1 aliphatic heterocycles. The van der Waals surface area contributed by atoms with Crippen molar-refractivity contribution in [3.05, 3.63) is 41.3 Å². The summed E-state index contributed by atoms with van der Waals surface area (Å²) in [5.74, 6) is 0.817. The standard InChI is InChI=1S/C20H26N6O2/c1-21-19(27)17-18(26-15-6-4-5-14(15)22-20(26)28)24-16(23-17)11-12-7-9-13(10-8-12)25(2)3/h7-10,14-15H,4-6,11H2,1-3H3,(H,21,27)(H,22,28)(H,23,24)/t14-,15+/m1/s1. The molecule has 2 fully saturated rings. The SMILES string of the molecule is CNC(=O)c1[nH]c(Cc2ccc(N(C)C)cc2)nc1N1C(=O)N[C@@H]2CCC[C@@H]21. The number of aromatic nitrogens is 2. The number of aromatic amines is 1. The Hall–Kier alpha value is -3.03. The van der Waals surface area contributed by atoms with Crippen molar-refractivity contribution in [1.29, 1.82) is 0 Å². The highest BCUT2D eigenvalue weighted by atomic mass is 16.2. The molecule has 1 aromatic carbocycles. The third-order valence-corrected chi connectivity index (χ3v) is 5.58. The molecule has 2 aliphatic rings. The predicted octanol–water partition coefficient (Wildman–Crippen LogP) is 1.88. The first kappa shape index (κ1) is 18.3. The Morgan fingerprint density at radius 3 is 2.71 bits per heavy atom. The lowest BCUT2D eigenvalue weighted by molar-refractivity contribution is 0.0959. The minimum Gasteiger partial charge on any atom is -0.378 e. The molecule has 0 spiro atoms. The average Bonchev–Trinajstić information content (AvgIpc) is 3.36. The third kappa shape index (κ3) is 3.19. The number of carbonyl (C=O) groups excluding carboxylic acids is 2. The molecule has 4 rings (SSSR count). The van der Waals surface area contributed by atoms with Crippen LogP contribution in [0.4, 0.5) is 16.3 Å². The normalized spacial score (nSPS) is 20.8. The summed E-state index contributed by atoms with van der Waals surface area (Å²) in [4.78, 5) is 36.5. The summed E-state index contributed by atoms with van der Waals surface area (Å²) in [5, 5.41) is 5.66. The van der Waals surface area contributed by atoms with Crippen LogP contribution in [0, 0.1) is 0 Å². The van der Waals surface area contributed by atoms with Crippen molar-refractivity contribution in [2.45, 2.75) is 37.8 Å². The summed E-state index contributed by atoms with van der Waals surface area (Å²) in [6, 6.07) is 8.23. The fourth-order valence-corrected chi connectivity index (χ4v) is 4.11. The highest BCUT2D eigenvalue weighted by molar-refractivity contribution is 6.03. The van der Waals surface area contributed by atoms with Crippen LogP contribution < -0.4 is 20.4 Å². The fraction of sp³-hybridized carbons (Fsp3) is 0.450. The first-order valence-electron chi connectivity index (χ1n) is 9.65. The second-order valence-corrected chi connectivity index (χ2v) is 7.62. The van der Waals surface area contributed by atoms with Gasteiger partial charge in [0, 0.05) is 33.3 Å². The van der Waals surface area contributed by atoms with Gasteiger partial charge in [0.25, 0.3) is 5.91 Å². The highest BCUT2D eigenvalue weighted by Gasteiger charge is 2.45. The van der Waals surface area contributed by atoms with Crippen molar-refractivity contribution in [1.82, 2.24) is 20.6 Å². The number of amides is 3. The number of hydrogen-bond acceptors (Lipinski definition) is 4. The first-order valence-corrected chi connectivity index (χ1v) is 9.65. The molecule has 8 nitrogen and oxygen atoms in total. The molecule has 2 heterocycles. The Balaban J connectivity index is 1.64. The van der Waals surface area contributed by atoms with Gasteiger partial charge < -0.3 is 20.5 Å². The molecule has 1 saturated heterocycles. The molecule has 8 heteroatoms. The van der Waals surface area contributed by atoms with Crippen molar-refractivity contribution in [3.63, 3.8) is 0 Å². The predicted molar refractivity (Wildman–Crippen MR) is 108 cm³/mol. The zero-order valence-electron chi connectivity index (χ0n) is 16.5. The van der Waals surface area contributed by atoms with E-state index in [9.17, 15) is 9.59 Å². The Bertz CT molecular complexity index is 889. The van der Waals surface area contributed by atoms with Crippen LogP contribution in [0.1, 0.15) is 41.1 Å². The van der Waals surface area contributed by atoms with Gasteiger partial charge >= 0.3 is 6.03 Å². The van der Waals surface area contributed by atoms with Crippen molar-refractivity contribution >= 4 is 23.4 Å². The van der Waals surface area contributed by atoms with E-state index in [1.54, 1.807) is 11.9 Å². The summed E-state index contributed by atoms with van der Waals surface area (Å²) in [6.07, 6.45) is 3.51. The maximum absolute atomic E-state index is 12.5. The van der Waals surface area contributed by atoms with Crippen molar-refractivity contribution in [2.24, 2.45) is 0 Å². The number of imidazole rings is 1. The van der Waals surface area contributed by atoms with Gasteiger partial charge in [-0.05, 0) is 37.0 Å². The summed E-state index contributed by atoms with van der Waals surface area (Å²) in [6.45, 7) is 0. The maximum Gasteiger partial charge on any atom is 0.323 e. The number of benzene rings is 1. The minimum absolute atomic E-state index is 0.0615. The van der Waals surface area contributed by atoms with Gasteiger partial charge in [0.2, 0.25) is 0 Å². The van der Waals surface area contributed by atoms with E-state index in [0.29, 0.717) is 23.8 Å². The van der Waals surface area contributed by atoms with Gasteiger partial charge in [0.05, 0.1) is 12.1 Å². The summed E-state index contributed by atoms with van der Waals surface area (Å²) in [5.41, 5.74) is 2.54. The van der Waals surface area contributed by atoms with Crippen LogP contribution >= 0.6 is 0 Å². The van der Waals surface area contributed by atoms with E-state index in [0.717, 1.165) is 30.5 Å². The second kappa shape index (κ2) is 7.18. The summed E-state index contributed by atoms with van der Waals surface area (Å²) < 4.78 is 0. The topological polar surface area (TPSA) is 93.4 Å². The van der Waals surface area contributed by atoms with Crippen LogP contribution in [0.15, 0.2) is 24.3 Å². The van der Waals surface area contributed by atoms with Gasteiger partial charge in [-0.1, -0.05) is 12.1 Å². The molecule has 148 valence electrons. The first-order chi connectivity index (χ1) is 13.5. The summed E-state index contributed by atoms with van der Waals surface area (Å²) >= 11 is 0. The Kier molecular flexibility index (Phi) is 4.70. The van der Waals surface area contributed by atoms with Crippen LogP contribution in [0.3, 0.4) is 0 Å². The molecule has 0 bridgehead atoms. The van der Waals surface area contributed by atoms with Crippen LogP contribution in [-0.4, -0.2) is 55.1 Å². The number of anilines is 2. The number of nitrogens with zero attached hydrogens (tertiary/aromatic N) is 3. The fourth-order valence-electron chi connectivity index (χ4n) is 4.11. The number of rotatable bonds is 5. The monoisotopic (exact) mass is 382 g/mol. The largest absolute Gasteiger partial charge is 0.378 e. The zero-order chi connectivity index (χ0) is 19.8. The van der Waals surface area contributed by atoms with E-state index >= 15 is 0 Å². The number of urea groups is 1. The number of H-pyrrole nitrogens is 1. The van der Waals surface area contributed by atoms with E-state index in [1.165, 1.54) is 0 Å². The molecule has 0 unspecified atom stereocenters. The molecular weight excluding hydrogens is 356 g/mol. The molecule has 2 atom stereocenters. The van der Waals surface area contributed by atoms with E-state index < -0.39 is 0 Å². The zero-order valence-corrected chi connectivity index (χ0v) is 16.5. The van der Waals surface area contributed by atoms with Gasteiger partial charge in [0.15, 0.2) is 5.82 Å². The lowest BCUT2D eigenvalue weighted by Gasteiger charge is -2.20. The molecule has 1 saturated carbocycles. The van der Waals surface area contributed by atoms with Gasteiger partial charge in [0.1, 0.15) is 11.5 Å². The number of hydrogen-bond donors (Lipinski definition) is 3. The highest BCUT2D eigenvalue weighted by Crippen LogP contribution is 2.34. The van der Waals surface area contributed by atoms with Gasteiger partial charge in [-0.25, -0.2) is 9.78 Å². The Labute approximate surface area is 164 Å². The number of carbonyl (C=O) groups is 2. The number of fused-ring (bicyclic) bond motifs is 1. The molecule has 0 radical (unpaired) electrons. The average molecular weight is 382 g/mol. The number of nitrogens with one attached hydrogen (secondary N) is 3. The molecule has 3 N–H and O–H groups in total. The molecule has 3 amide bonds. The van der Waals surface area contributed by atoms with Crippen LogP contribution in [0.25, 0.3) is 0 Å². The van der Waals surface area contributed by atoms with Crippen molar-refractivity contribution in [2.75, 3.05) is 30.9 Å². The maximum atomic E-state index is 12.5. The van der Waals surface area contributed by atoms with E-state index in [1.807, 2.05) is 31.1 Å². The molecule has 28 heavy (non-hydrogen) atoms. The van der Waals surface area contributed by atoms with E-state index in [-0.39, 0.29) is 24.0 Å². The Morgan fingerprint density at radius 1 is 1.29 bits per heavy atom. The Morgan fingerprint density at radius 2 is 2.04 bits per heavy atom. The van der Waals surface area contributed by atoms with Gasteiger partial charge in [-0.3, -0.25) is 9.69 Å². The van der Waals surface area contributed by atoms with Crippen LogP contribution in [0.2, 0.25) is 0 Å². The molecule has 1 aliphatic carbocycles. The van der Waals surface area contributed by atoms with Crippen LogP contribution in [-0.2, 0) is 6.42 Å². The van der Waals surface area contributed by atoms with Crippen LogP contribution in [0.5, 0.6) is 0 Å². The smallest absolute Gasteiger partial charge is 0.323 e. The molecule has 2 aromatic rings. The minimum atomic E-state index is -0.272. The lowest BCUT2D eigenvalue weighted by atomic mass is 10.1. The van der Waals surface area contributed by atoms with Crippen molar-refractivity contribution in [3.8, 4) is 0 Å². The van der Waals surface area contributed by atoms with Gasteiger partial charge in [-0.2, -0.15) is 0 Å². The van der Waals surface area contributed by atoms with E-state index in [2.05, 4.69) is 32.7 Å². The van der Waals surface area contributed by atoms with Crippen molar-refractivity contribution < 1.29 is 9.59 Å². The molecule has 1 aromatic heterocycles. The molecular formula is C20H26N6O2. The second-order valence-electron chi connectivity index (χ2n) is 7.62. The van der Waals surface area contributed by atoms with E-state index in [4.69, 9.17) is 0 Å². The summed E-state index contributed by atoms with van der Waals surface area (Å²) in [7, 11) is 5.58. The quantitative estimate of drug-likeness (QED) is 0.736.